The normalized spacial score (nSPS) is 18.2. The van der Waals surface area contributed by atoms with Crippen LogP contribution in [0.3, 0.4) is 0 Å². The first-order valence-electron chi connectivity index (χ1n) is 9.13. The zero-order valence-electron chi connectivity index (χ0n) is 16.7. The van der Waals surface area contributed by atoms with Gasteiger partial charge in [-0.05, 0) is 43.0 Å². The first-order valence-corrected chi connectivity index (χ1v) is 10.0. The summed E-state index contributed by atoms with van der Waals surface area (Å²) in [4.78, 5) is 50.6. The third-order valence-electron chi connectivity index (χ3n) is 4.66. The summed E-state index contributed by atoms with van der Waals surface area (Å²) in [6.07, 6.45) is 0. The Morgan fingerprint density at radius 3 is 2.53 bits per heavy atom. The van der Waals surface area contributed by atoms with E-state index in [0.717, 1.165) is 16.2 Å². The molecule has 10 heteroatoms. The Balaban J connectivity index is 1.72. The van der Waals surface area contributed by atoms with Gasteiger partial charge in [-0.2, -0.15) is 0 Å². The maximum atomic E-state index is 13.0. The van der Waals surface area contributed by atoms with Gasteiger partial charge in [0, 0.05) is 0 Å². The monoisotopic (exact) mass is 431 g/mol. The highest BCUT2D eigenvalue weighted by Crippen LogP contribution is 2.30. The maximum Gasteiger partial charge on any atom is 0.341 e. The van der Waals surface area contributed by atoms with Crippen LogP contribution in [0.5, 0.6) is 5.75 Å². The molecule has 2 aromatic rings. The van der Waals surface area contributed by atoms with E-state index in [9.17, 15) is 19.2 Å². The highest BCUT2D eigenvalue weighted by molar-refractivity contribution is 7.14. The Labute approximate surface area is 177 Å². The van der Waals surface area contributed by atoms with Crippen LogP contribution in [-0.4, -0.2) is 49.0 Å². The topological polar surface area (TPSA) is 114 Å². The smallest absolute Gasteiger partial charge is 0.341 e. The summed E-state index contributed by atoms with van der Waals surface area (Å²) < 4.78 is 10.1. The Bertz CT molecular complexity index is 987. The number of hydrogen-bond acceptors (Lipinski definition) is 7. The Kier molecular flexibility index (Phi) is 6.06. The average molecular weight is 431 g/mol. The van der Waals surface area contributed by atoms with Gasteiger partial charge in [0.2, 0.25) is 5.91 Å². The fraction of sp³-hybridized carbons (Fsp3) is 0.300. The second-order valence-electron chi connectivity index (χ2n) is 6.61. The first kappa shape index (κ1) is 21.3. The summed E-state index contributed by atoms with van der Waals surface area (Å²) in [5, 5.41) is 7.14. The van der Waals surface area contributed by atoms with Crippen LogP contribution in [0.25, 0.3) is 0 Å². The highest BCUT2D eigenvalue weighted by Gasteiger charge is 2.49. The zero-order chi connectivity index (χ0) is 21.9. The molecule has 0 bridgehead atoms. The van der Waals surface area contributed by atoms with Crippen LogP contribution < -0.4 is 15.4 Å². The SMILES string of the molecule is CCOC(=O)c1ccsc1NC(=O)CN1C(=O)NC(C)(c2ccc(OC)cc2)C1=O. The van der Waals surface area contributed by atoms with E-state index in [0.29, 0.717) is 16.3 Å². The molecule has 1 fully saturated rings. The van der Waals surface area contributed by atoms with E-state index in [1.165, 1.54) is 13.2 Å². The van der Waals surface area contributed by atoms with Crippen molar-refractivity contribution in [3.8, 4) is 5.75 Å². The molecule has 1 unspecified atom stereocenters. The molecule has 1 aliphatic rings. The lowest BCUT2D eigenvalue weighted by Crippen LogP contribution is -2.42. The molecule has 3 rings (SSSR count). The van der Waals surface area contributed by atoms with Crippen molar-refractivity contribution in [1.29, 1.82) is 0 Å². The number of esters is 1. The van der Waals surface area contributed by atoms with E-state index in [1.54, 1.807) is 43.5 Å². The van der Waals surface area contributed by atoms with Gasteiger partial charge in [-0.25, -0.2) is 9.59 Å². The van der Waals surface area contributed by atoms with Crippen molar-refractivity contribution in [2.75, 3.05) is 25.6 Å². The average Bonchev–Trinajstić information content (AvgIpc) is 3.27. The standard InChI is InChI=1S/C20H21N3O6S/c1-4-29-17(25)14-9-10-30-16(14)21-15(24)11-23-18(26)20(2,22-19(23)27)12-5-7-13(28-3)8-6-12/h5-10H,4,11H2,1-3H3,(H,21,24)(H,22,27). The number of benzene rings is 1. The van der Waals surface area contributed by atoms with E-state index >= 15 is 0 Å². The van der Waals surface area contributed by atoms with Gasteiger partial charge in [0.05, 0.1) is 19.3 Å². The number of nitrogens with one attached hydrogen (secondary N) is 2. The number of anilines is 1. The van der Waals surface area contributed by atoms with Gasteiger partial charge in [-0.1, -0.05) is 12.1 Å². The van der Waals surface area contributed by atoms with Gasteiger partial charge in [0.15, 0.2) is 0 Å². The lowest BCUT2D eigenvalue weighted by Gasteiger charge is -2.22. The van der Waals surface area contributed by atoms with Crippen molar-refractivity contribution in [3.63, 3.8) is 0 Å². The molecule has 2 heterocycles. The molecule has 2 N–H and O–H groups in total. The first-order chi connectivity index (χ1) is 14.3. The van der Waals surface area contributed by atoms with Crippen molar-refractivity contribution in [2.45, 2.75) is 19.4 Å². The van der Waals surface area contributed by atoms with Crippen LogP contribution in [0.15, 0.2) is 35.7 Å². The largest absolute Gasteiger partial charge is 0.497 e. The molecular formula is C20H21N3O6S. The van der Waals surface area contributed by atoms with E-state index < -0.39 is 35.9 Å². The number of thiophene rings is 1. The van der Waals surface area contributed by atoms with Crippen molar-refractivity contribution >= 4 is 40.2 Å². The maximum absolute atomic E-state index is 13.0. The van der Waals surface area contributed by atoms with Crippen LogP contribution in [0, 0.1) is 0 Å². The van der Waals surface area contributed by atoms with Gasteiger partial charge in [-0.3, -0.25) is 14.5 Å². The van der Waals surface area contributed by atoms with Crippen LogP contribution in [0.2, 0.25) is 0 Å². The number of amides is 4. The number of carbonyl (C=O) groups excluding carboxylic acids is 4. The highest BCUT2D eigenvalue weighted by atomic mass is 32.1. The predicted molar refractivity (Wildman–Crippen MR) is 109 cm³/mol. The van der Waals surface area contributed by atoms with Crippen molar-refractivity contribution in [2.24, 2.45) is 0 Å². The number of ether oxygens (including phenoxy) is 2. The van der Waals surface area contributed by atoms with Gasteiger partial charge in [0.25, 0.3) is 5.91 Å². The number of methoxy groups -OCH3 is 1. The zero-order valence-corrected chi connectivity index (χ0v) is 17.5. The van der Waals surface area contributed by atoms with Crippen LogP contribution >= 0.6 is 11.3 Å². The summed E-state index contributed by atoms with van der Waals surface area (Å²) in [6, 6.07) is 7.58. The van der Waals surface area contributed by atoms with Crippen LogP contribution in [0.4, 0.5) is 9.80 Å². The van der Waals surface area contributed by atoms with Gasteiger partial charge in [-0.15, -0.1) is 11.3 Å². The molecule has 0 saturated carbocycles. The fourth-order valence-electron chi connectivity index (χ4n) is 3.05. The van der Waals surface area contributed by atoms with Crippen LogP contribution in [0.1, 0.15) is 29.8 Å². The molecule has 30 heavy (non-hydrogen) atoms. The summed E-state index contributed by atoms with van der Waals surface area (Å²) in [7, 11) is 1.53. The number of nitrogens with zero attached hydrogens (tertiary/aromatic N) is 1. The number of urea groups is 1. The third kappa shape index (κ3) is 3.99. The quantitative estimate of drug-likeness (QED) is 0.514. The number of hydrogen-bond donors (Lipinski definition) is 2. The van der Waals surface area contributed by atoms with Crippen molar-refractivity contribution in [3.05, 3.63) is 46.8 Å². The minimum atomic E-state index is -1.30. The Hall–Kier alpha value is -3.40. The molecule has 158 valence electrons. The number of rotatable bonds is 7. The second-order valence-corrected chi connectivity index (χ2v) is 7.52. The van der Waals surface area contributed by atoms with Crippen molar-refractivity contribution < 1.29 is 28.7 Å². The third-order valence-corrected chi connectivity index (χ3v) is 5.49. The van der Waals surface area contributed by atoms with Gasteiger partial charge >= 0.3 is 12.0 Å². The summed E-state index contributed by atoms with van der Waals surface area (Å²) >= 11 is 1.14. The van der Waals surface area contributed by atoms with Crippen molar-refractivity contribution in [1.82, 2.24) is 10.2 Å². The molecule has 0 radical (unpaired) electrons. The molecular weight excluding hydrogens is 410 g/mol. The molecule has 1 aromatic carbocycles. The molecule has 1 aliphatic heterocycles. The molecule has 0 aliphatic carbocycles. The Morgan fingerprint density at radius 1 is 1.20 bits per heavy atom. The van der Waals surface area contributed by atoms with E-state index in [1.807, 2.05) is 0 Å². The lowest BCUT2D eigenvalue weighted by molar-refractivity contribution is -0.133. The molecule has 0 spiro atoms. The van der Waals surface area contributed by atoms with E-state index in [4.69, 9.17) is 9.47 Å². The summed E-state index contributed by atoms with van der Waals surface area (Å²) in [5.74, 6) is -1.10. The molecule has 1 aromatic heterocycles. The van der Waals surface area contributed by atoms with E-state index in [2.05, 4.69) is 10.6 Å². The molecule has 4 amide bonds. The van der Waals surface area contributed by atoms with Crippen LogP contribution in [-0.2, 0) is 19.9 Å². The molecule has 9 nitrogen and oxygen atoms in total. The predicted octanol–water partition coefficient (Wildman–Crippen LogP) is 2.34. The minimum absolute atomic E-state index is 0.203. The molecule has 1 saturated heterocycles. The van der Waals surface area contributed by atoms with E-state index in [-0.39, 0.29) is 12.2 Å². The number of carbonyl (C=O) groups is 4. The minimum Gasteiger partial charge on any atom is -0.497 e. The summed E-state index contributed by atoms with van der Waals surface area (Å²) in [6.45, 7) is 2.97. The van der Waals surface area contributed by atoms with Gasteiger partial charge < -0.3 is 20.1 Å². The fourth-order valence-corrected chi connectivity index (χ4v) is 3.84. The summed E-state index contributed by atoms with van der Waals surface area (Å²) in [5.41, 5.74) is -0.522. The molecule has 1 atom stereocenters. The Morgan fingerprint density at radius 2 is 1.90 bits per heavy atom. The second kappa shape index (κ2) is 8.54. The number of imide groups is 1. The van der Waals surface area contributed by atoms with Gasteiger partial charge in [0.1, 0.15) is 22.8 Å². The lowest BCUT2D eigenvalue weighted by atomic mass is 9.92.